The third-order valence-corrected chi connectivity index (χ3v) is 3.50. The van der Waals surface area contributed by atoms with Crippen molar-refractivity contribution in [3.63, 3.8) is 0 Å². The first-order valence-electron chi connectivity index (χ1n) is 7.74. The SMILES string of the molecule is CN(C)c1cccc(C(=O)Nc2ccc(Oc3cnccn3)cc2)c1. The van der Waals surface area contributed by atoms with Crippen molar-refractivity contribution in [2.45, 2.75) is 0 Å². The van der Waals surface area contributed by atoms with Crippen molar-refractivity contribution >= 4 is 17.3 Å². The minimum Gasteiger partial charge on any atom is -0.438 e. The lowest BCUT2D eigenvalue weighted by Crippen LogP contribution is -2.14. The molecule has 3 rings (SSSR count). The van der Waals surface area contributed by atoms with Gasteiger partial charge in [0, 0.05) is 43.4 Å². The largest absolute Gasteiger partial charge is 0.438 e. The summed E-state index contributed by atoms with van der Waals surface area (Å²) < 4.78 is 5.57. The number of aromatic nitrogens is 2. The highest BCUT2D eigenvalue weighted by Crippen LogP contribution is 2.21. The third-order valence-electron chi connectivity index (χ3n) is 3.50. The number of nitrogens with one attached hydrogen (secondary N) is 1. The van der Waals surface area contributed by atoms with Crippen molar-refractivity contribution < 1.29 is 9.53 Å². The molecule has 3 aromatic rings. The summed E-state index contributed by atoms with van der Waals surface area (Å²) in [5.74, 6) is 0.874. The first-order chi connectivity index (χ1) is 12.1. The van der Waals surface area contributed by atoms with Gasteiger partial charge in [0.2, 0.25) is 5.88 Å². The Hall–Kier alpha value is -3.41. The Labute approximate surface area is 146 Å². The second kappa shape index (κ2) is 7.44. The molecule has 1 heterocycles. The normalized spacial score (nSPS) is 10.2. The smallest absolute Gasteiger partial charge is 0.255 e. The Morgan fingerprint density at radius 1 is 1.08 bits per heavy atom. The average molecular weight is 334 g/mol. The molecule has 1 aromatic heterocycles. The van der Waals surface area contributed by atoms with E-state index in [0.717, 1.165) is 5.69 Å². The van der Waals surface area contributed by atoms with E-state index in [2.05, 4.69) is 15.3 Å². The Morgan fingerprint density at radius 2 is 1.88 bits per heavy atom. The summed E-state index contributed by atoms with van der Waals surface area (Å²) in [6, 6.07) is 14.5. The van der Waals surface area contributed by atoms with Crippen LogP contribution in [0, 0.1) is 0 Å². The monoisotopic (exact) mass is 334 g/mol. The summed E-state index contributed by atoms with van der Waals surface area (Å²) in [7, 11) is 3.87. The van der Waals surface area contributed by atoms with Gasteiger partial charge in [-0.15, -0.1) is 0 Å². The van der Waals surface area contributed by atoms with Crippen LogP contribution in [0.15, 0.2) is 67.1 Å². The number of rotatable bonds is 5. The molecule has 0 bridgehead atoms. The zero-order valence-electron chi connectivity index (χ0n) is 14.0. The highest BCUT2D eigenvalue weighted by atomic mass is 16.5. The number of anilines is 2. The number of ether oxygens (including phenoxy) is 1. The van der Waals surface area contributed by atoms with Crippen LogP contribution < -0.4 is 15.0 Å². The fraction of sp³-hybridized carbons (Fsp3) is 0.105. The van der Waals surface area contributed by atoms with Crippen molar-refractivity contribution in [1.29, 1.82) is 0 Å². The number of nitrogens with zero attached hydrogens (tertiary/aromatic N) is 3. The second-order valence-electron chi connectivity index (χ2n) is 5.57. The zero-order valence-corrected chi connectivity index (χ0v) is 14.0. The summed E-state index contributed by atoms with van der Waals surface area (Å²) in [6.45, 7) is 0. The summed E-state index contributed by atoms with van der Waals surface area (Å²) in [4.78, 5) is 22.3. The van der Waals surface area contributed by atoms with E-state index in [-0.39, 0.29) is 5.91 Å². The molecule has 25 heavy (non-hydrogen) atoms. The first kappa shape index (κ1) is 16.4. The van der Waals surface area contributed by atoms with E-state index in [1.54, 1.807) is 42.7 Å². The molecule has 0 fully saturated rings. The molecular weight excluding hydrogens is 316 g/mol. The standard InChI is InChI=1S/C19H18N4O2/c1-23(2)16-5-3-4-14(12-16)19(24)22-15-6-8-17(9-7-15)25-18-13-20-10-11-21-18/h3-13H,1-2H3,(H,22,24). The number of benzene rings is 2. The third kappa shape index (κ3) is 4.32. The van der Waals surface area contributed by atoms with Crippen LogP contribution in [0.25, 0.3) is 0 Å². The summed E-state index contributed by atoms with van der Waals surface area (Å²) in [5, 5.41) is 2.87. The van der Waals surface area contributed by atoms with Gasteiger partial charge in [-0.1, -0.05) is 6.07 Å². The minimum atomic E-state index is -0.161. The van der Waals surface area contributed by atoms with Gasteiger partial charge in [-0.3, -0.25) is 9.78 Å². The van der Waals surface area contributed by atoms with Crippen LogP contribution in [-0.2, 0) is 0 Å². The molecule has 0 spiro atoms. The number of carbonyl (C=O) groups is 1. The number of amides is 1. The molecule has 0 aliphatic carbocycles. The molecule has 126 valence electrons. The lowest BCUT2D eigenvalue weighted by atomic mass is 10.1. The molecule has 0 saturated carbocycles. The van der Waals surface area contributed by atoms with Crippen LogP contribution in [0.5, 0.6) is 11.6 Å². The van der Waals surface area contributed by atoms with Gasteiger partial charge in [-0.05, 0) is 42.5 Å². The Bertz CT molecular complexity index is 849. The first-order valence-corrected chi connectivity index (χ1v) is 7.74. The number of hydrogen-bond acceptors (Lipinski definition) is 5. The van der Waals surface area contributed by atoms with E-state index in [0.29, 0.717) is 22.9 Å². The molecular formula is C19H18N4O2. The van der Waals surface area contributed by atoms with Crippen molar-refractivity contribution in [3.05, 3.63) is 72.7 Å². The summed E-state index contributed by atoms with van der Waals surface area (Å²) in [5.41, 5.74) is 2.26. The predicted octanol–water partition coefficient (Wildman–Crippen LogP) is 3.59. The molecule has 6 heteroatoms. The summed E-state index contributed by atoms with van der Waals surface area (Å²) >= 11 is 0. The van der Waals surface area contributed by atoms with E-state index in [1.807, 2.05) is 37.2 Å². The molecule has 0 saturated heterocycles. The predicted molar refractivity (Wildman–Crippen MR) is 97.3 cm³/mol. The van der Waals surface area contributed by atoms with Crippen molar-refractivity contribution in [3.8, 4) is 11.6 Å². The van der Waals surface area contributed by atoms with Crippen LogP contribution in [0.4, 0.5) is 11.4 Å². The van der Waals surface area contributed by atoms with E-state index < -0.39 is 0 Å². The van der Waals surface area contributed by atoms with Crippen LogP contribution >= 0.6 is 0 Å². The van der Waals surface area contributed by atoms with Gasteiger partial charge in [0.15, 0.2) is 0 Å². The van der Waals surface area contributed by atoms with E-state index in [9.17, 15) is 4.79 Å². The quantitative estimate of drug-likeness (QED) is 0.772. The van der Waals surface area contributed by atoms with Crippen LogP contribution in [0.2, 0.25) is 0 Å². The van der Waals surface area contributed by atoms with E-state index in [1.165, 1.54) is 6.20 Å². The summed E-state index contributed by atoms with van der Waals surface area (Å²) in [6.07, 6.45) is 4.68. The zero-order chi connectivity index (χ0) is 17.6. The molecule has 0 unspecified atom stereocenters. The molecule has 1 N–H and O–H groups in total. The fourth-order valence-electron chi connectivity index (χ4n) is 2.19. The Balaban J connectivity index is 1.67. The molecule has 0 radical (unpaired) electrons. The Kier molecular flexibility index (Phi) is 4.89. The molecule has 1 amide bonds. The average Bonchev–Trinajstić information content (AvgIpc) is 2.64. The maximum Gasteiger partial charge on any atom is 0.255 e. The van der Waals surface area contributed by atoms with Crippen LogP contribution in [0.3, 0.4) is 0 Å². The van der Waals surface area contributed by atoms with Gasteiger partial charge in [0.05, 0.1) is 6.20 Å². The molecule has 0 aliphatic rings. The van der Waals surface area contributed by atoms with Gasteiger partial charge in [-0.2, -0.15) is 0 Å². The molecule has 0 atom stereocenters. The maximum atomic E-state index is 12.4. The van der Waals surface area contributed by atoms with Gasteiger partial charge in [0.1, 0.15) is 5.75 Å². The number of hydrogen-bond donors (Lipinski definition) is 1. The van der Waals surface area contributed by atoms with Gasteiger partial charge >= 0.3 is 0 Å². The van der Waals surface area contributed by atoms with Crippen LogP contribution in [0.1, 0.15) is 10.4 Å². The van der Waals surface area contributed by atoms with E-state index in [4.69, 9.17) is 4.74 Å². The van der Waals surface area contributed by atoms with Crippen molar-refractivity contribution in [2.24, 2.45) is 0 Å². The van der Waals surface area contributed by atoms with Gasteiger partial charge in [0.25, 0.3) is 5.91 Å². The molecule has 6 nitrogen and oxygen atoms in total. The van der Waals surface area contributed by atoms with Crippen molar-refractivity contribution in [1.82, 2.24) is 9.97 Å². The minimum absolute atomic E-state index is 0.161. The second-order valence-corrected chi connectivity index (χ2v) is 5.57. The fourth-order valence-corrected chi connectivity index (χ4v) is 2.19. The lowest BCUT2D eigenvalue weighted by molar-refractivity contribution is 0.102. The Morgan fingerprint density at radius 3 is 2.56 bits per heavy atom. The maximum absolute atomic E-state index is 12.4. The highest BCUT2D eigenvalue weighted by Gasteiger charge is 2.08. The van der Waals surface area contributed by atoms with E-state index >= 15 is 0 Å². The lowest BCUT2D eigenvalue weighted by Gasteiger charge is -2.13. The van der Waals surface area contributed by atoms with Crippen molar-refractivity contribution in [2.75, 3.05) is 24.3 Å². The topological polar surface area (TPSA) is 67.4 Å². The van der Waals surface area contributed by atoms with Crippen LogP contribution in [-0.4, -0.2) is 30.0 Å². The molecule has 2 aromatic carbocycles. The van der Waals surface area contributed by atoms with Gasteiger partial charge in [-0.25, -0.2) is 4.98 Å². The highest BCUT2D eigenvalue weighted by molar-refractivity contribution is 6.04. The number of carbonyl (C=O) groups excluding carboxylic acids is 1. The molecule has 0 aliphatic heterocycles. The van der Waals surface area contributed by atoms with Gasteiger partial charge < -0.3 is 15.0 Å².